The zero-order chi connectivity index (χ0) is 38.4. The molecule has 2 N–H and O–H groups in total. The molecule has 5 fully saturated rings. The van der Waals surface area contributed by atoms with E-state index in [0.717, 1.165) is 69.5 Å². The second-order valence-corrected chi connectivity index (χ2v) is 20.7. The van der Waals surface area contributed by atoms with Gasteiger partial charge in [0.15, 0.2) is 5.16 Å². The predicted octanol–water partition coefficient (Wildman–Crippen LogP) is 9.36. The molecule has 4 saturated carbocycles. The molecule has 0 amide bonds. The molecule has 0 spiro atoms. The van der Waals surface area contributed by atoms with Gasteiger partial charge in [0.1, 0.15) is 17.7 Å². The van der Waals surface area contributed by atoms with Crippen molar-refractivity contribution in [2.24, 2.45) is 45.3 Å². The Labute approximate surface area is 324 Å². The van der Waals surface area contributed by atoms with Crippen LogP contribution in [0.5, 0.6) is 0 Å². The molecule has 5 aliphatic rings. The van der Waals surface area contributed by atoms with Gasteiger partial charge in [-0.05, 0) is 137 Å². The zero-order valence-corrected chi connectivity index (χ0v) is 34.4. The van der Waals surface area contributed by atoms with E-state index in [1.807, 2.05) is 6.07 Å². The number of thioether (sulfide) groups is 1. The third-order valence-electron chi connectivity index (χ3n) is 15.8. The number of rotatable bonds is 6. The molecule has 8 nitrogen and oxygen atoms in total. The second kappa shape index (κ2) is 13.4. The van der Waals surface area contributed by atoms with Gasteiger partial charge in [0.2, 0.25) is 0 Å². The zero-order valence-electron chi connectivity index (χ0n) is 32.8. The summed E-state index contributed by atoms with van der Waals surface area (Å²) in [6, 6.07) is 8.74. The number of aliphatic hydroxyl groups excluding tert-OH is 1. The third kappa shape index (κ3) is 6.30. The summed E-state index contributed by atoms with van der Waals surface area (Å²) in [5, 5.41) is 22.7. The lowest BCUT2D eigenvalue weighted by Crippen LogP contribution is -2.67. The number of nitriles is 1. The van der Waals surface area contributed by atoms with Gasteiger partial charge in [0.25, 0.3) is 5.56 Å². The molecule has 0 bridgehead atoms. The van der Waals surface area contributed by atoms with Crippen molar-refractivity contribution in [3.8, 4) is 17.3 Å². The minimum Gasteiger partial charge on any atom is -0.461 e. The van der Waals surface area contributed by atoms with Crippen LogP contribution in [-0.4, -0.2) is 50.2 Å². The number of H-pyrrole nitrogens is 1. The van der Waals surface area contributed by atoms with E-state index < -0.39 is 5.56 Å². The van der Waals surface area contributed by atoms with Gasteiger partial charge in [-0.15, -0.1) is 0 Å². The quantitative estimate of drug-likeness (QED) is 0.169. The molecule has 0 radical (unpaired) electrons. The number of carbonyl (C=O) groups excluding carboxylic acids is 1. The first kappa shape index (κ1) is 38.9. The van der Waals surface area contributed by atoms with E-state index >= 15 is 0 Å². The minimum absolute atomic E-state index is 0.0123. The molecule has 7 rings (SSSR count). The molecule has 10 heteroatoms. The molecule has 10 atom stereocenters. The number of aromatic amines is 1. The van der Waals surface area contributed by atoms with Crippen molar-refractivity contribution in [1.82, 2.24) is 9.97 Å². The van der Waals surface area contributed by atoms with Gasteiger partial charge in [0.05, 0.1) is 28.8 Å². The van der Waals surface area contributed by atoms with Crippen LogP contribution in [0.4, 0.5) is 0 Å². The molecule has 1 aromatic carbocycles. The van der Waals surface area contributed by atoms with Crippen LogP contribution in [-0.2, 0) is 14.3 Å². The SMILES string of the molecule is CC1(C)CCC[C@](C)([C@@H]2CC[C@]3(C)[C@@H]2[C@H](O)CC2[C@@]4(C)CC[C@H](OC(=O)CSc5nc(-c6ccc(Cl)cc6)c(C#N)c(=O)[nH]5)C(C)(C)[C@@H]4CC[C@]23C)O1. The number of benzene rings is 1. The summed E-state index contributed by atoms with van der Waals surface area (Å²) >= 11 is 7.15. The lowest BCUT2D eigenvalue weighted by Gasteiger charge is -2.70. The van der Waals surface area contributed by atoms with E-state index in [1.165, 1.54) is 6.42 Å². The fraction of sp³-hybridized carbons (Fsp3) is 0.721. The molecule has 288 valence electrons. The van der Waals surface area contributed by atoms with E-state index in [1.54, 1.807) is 24.3 Å². The number of ether oxygens (including phenoxy) is 2. The maximum atomic E-state index is 13.5. The number of aliphatic hydroxyl groups is 1. The van der Waals surface area contributed by atoms with Crippen LogP contribution in [0.1, 0.15) is 125 Å². The van der Waals surface area contributed by atoms with Crippen LogP contribution in [0.3, 0.4) is 0 Å². The number of hydrogen-bond acceptors (Lipinski definition) is 8. The minimum atomic E-state index is -0.554. The molecule has 1 aromatic heterocycles. The summed E-state index contributed by atoms with van der Waals surface area (Å²) in [5.41, 5.74) is -0.246. The number of fused-ring (bicyclic) bond motifs is 5. The number of nitrogens with zero attached hydrogens (tertiary/aromatic N) is 2. The second-order valence-electron chi connectivity index (χ2n) is 19.3. The van der Waals surface area contributed by atoms with Gasteiger partial charge in [-0.2, -0.15) is 5.26 Å². The molecular formula is C43H58ClN3O5S. The lowest BCUT2D eigenvalue weighted by atomic mass is 9.35. The number of nitrogens with one attached hydrogen (secondary N) is 1. The summed E-state index contributed by atoms with van der Waals surface area (Å²) < 4.78 is 13.2. The van der Waals surface area contributed by atoms with Crippen molar-refractivity contribution in [3.63, 3.8) is 0 Å². The molecule has 4 aliphatic carbocycles. The first-order chi connectivity index (χ1) is 24.8. The molecular weight excluding hydrogens is 706 g/mol. The monoisotopic (exact) mass is 763 g/mol. The Bertz CT molecular complexity index is 1860. The normalized spacial score (nSPS) is 39.9. The fourth-order valence-corrected chi connectivity index (χ4v) is 14.0. The Balaban J connectivity index is 1.06. The number of hydrogen-bond donors (Lipinski definition) is 2. The average Bonchev–Trinajstić information content (AvgIpc) is 3.46. The van der Waals surface area contributed by atoms with E-state index in [2.05, 4.69) is 65.4 Å². The molecule has 1 saturated heterocycles. The molecule has 1 unspecified atom stereocenters. The smallest absolute Gasteiger partial charge is 0.316 e. The molecule has 53 heavy (non-hydrogen) atoms. The summed E-state index contributed by atoms with van der Waals surface area (Å²) in [4.78, 5) is 33.5. The summed E-state index contributed by atoms with van der Waals surface area (Å²) in [6.07, 6.45) is 9.72. The highest BCUT2D eigenvalue weighted by atomic mass is 35.5. The van der Waals surface area contributed by atoms with Crippen LogP contribution in [0.25, 0.3) is 11.3 Å². The van der Waals surface area contributed by atoms with Crippen molar-refractivity contribution in [1.29, 1.82) is 5.26 Å². The number of carbonyl (C=O) groups is 1. The van der Waals surface area contributed by atoms with Crippen molar-refractivity contribution >= 4 is 29.3 Å². The van der Waals surface area contributed by atoms with Crippen LogP contribution < -0.4 is 5.56 Å². The van der Waals surface area contributed by atoms with Crippen LogP contribution >= 0.6 is 23.4 Å². The van der Waals surface area contributed by atoms with Gasteiger partial charge < -0.3 is 19.6 Å². The highest BCUT2D eigenvalue weighted by Gasteiger charge is 2.72. The predicted molar refractivity (Wildman–Crippen MR) is 208 cm³/mol. The number of halogens is 1. The Morgan fingerprint density at radius 3 is 2.38 bits per heavy atom. The van der Waals surface area contributed by atoms with Gasteiger partial charge >= 0.3 is 5.97 Å². The van der Waals surface area contributed by atoms with Gasteiger partial charge in [-0.25, -0.2) is 4.98 Å². The average molecular weight is 764 g/mol. The topological polar surface area (TPSA) is 125 Å². The Morgan fingerprint density at radius 1 is 1.00 bits per heavy atom. The van der Waals surface area contributed by atoms with Crippen molar-refractivity contribution in [2.45, 2.75) is 148 Å². The third-order valence-corrected chi connectivity index (χ3v) is 16.9. The first-order valence-corrected chi connectivity index (χ1v) is 21.2. The van der Waals surface area contributed by atoms with Gasteiger partial charge in [0, 0.05) is 16.0 Å². The first-order valence-electron chi connectivity index (χ1n) is 19.8. The summed E-state index contributed by atoms with van der Waals surface area (Å²) in [7, 11) is 0. The summed E-state index contributed by atoms with van der Waals surface area (Å²) in [5.74, 6) is 0.942. The van der Waals surface area contributed by atoms with Crippen molar-refractivity contribution in [3.05, 3.63) is 45.2 Å². The Kier molecular flexibility index (Phi) is 9.82. The number of esters is 1. The standard InChI is InChI=1S/C43H58ClN3O5S/c1-38(2)17-9-18-43(8,52-38)28-14-20-42(7)34(28)29(48)22-31-40(5)19-16-32(39(3,4)30(40)15-21-41(31,42)6)51-33(49)24-53-37-46-35(27(23-45)36(50)47-37)25-10-12-26(44)13-11-25/h10-13,28-32,34,48H,9,14-22,24H2,1-8H3,(H,46,47,50)/t28-,29-,30+,31?,32+,34+,40+,41-,42-,43-/m1/s1. The number of aromatic nitrogens is 2. The van der Waals surface area contributed by atoms with Crippen molar-refractivity contribution < 1.29 is 19.4 Å². The van der Waals surface area contributed by atoms with Gasteiger partial charge in [-0.1, -0.05) is 70.1 Å². The van der Waals surface area contributed by atoms with Crippen LogP contribution in [0.15, 0.2) is 34.2 Å². The van der Waals surface area contributed by atoms with E-state index in [4.69, 9.17) is 21.1 Å². The fourth-order valence-electron chi connectivity index (χ4n) is 13.2. The largest absolute Gasteiger partial charge is 0.461 e. The maximum Gasteiger partial charge on any atom is 0.316 e. The highest BCUT2D eigenvalue weighted by molar-refractivity contribution is 7.99. The molecule has 2 aromatic rings. The van der Waals surface area contributed by atoms with E-state index in [9.17, 15) is 20.0 Å². The maximum absolute atomic E-state index is 13.5. The van der Waals surface area contributed by atoms with Crippen LogP contribution in [0.2, 0.25) is 5.02 Å². The highest BCUT2D eigenvalue weighted by Crippen LogP contribution is 2.76. The van der Waals surface area contributed by atoms with E-state index in [-0.39, 0.29) is 79.1 Å². The van der Waals surface area contributed by atoms with Crippen molar-refractivity contribution in [2.75, 3.05) is 5.75 Å². The lowest BCUT2D eigenvalue weighted by molar-refractivity contribution is -0.258. The van der Waals surface area contributed by atoms with Gasteiger partial charge in [-0.3, -0.25) is 9.59 Å². The Hall–Kier alpha value is -2.38. The molecule has 1 aliphatic heterocycles. The Morgan fingerprint density at radius 2 is 1.70 bits per heavy atom. The van der Waals surface area contributed by atoms with Crippen LogP contribution in [0, 0.1) is 56.7 Å². The van der Waals surface area contributed by atoms with E-state index in [0.29, 0.717) is 28.3 Å². The molecule has 2 heterocycles. The summed E-state index contributed by atoms with van der Waals surface area (Å²) in [6.45, 7) is 18.9.